The number of aliphatic imine (C=N–C) groups is 1. The number of anilines is 2. The predicted octanol–water partition coefficient (Wildman–Crippen LogP) is 4.82. The van der Waals surface area contributed by atoms with E-state index in [-0.39, 0.29) is 0 Å². The number of nitrogens with zero attached hydrogens (tertiary/aromatic N) is 2. The summed E-state index contributed by atoms with van der Waals surface area (Å²) in [5.74, 6) is 0. The van der Waals surface area contributed by atoms with Gasteiger partial charge in [0, 0.05) is 23.8 Å². The first kappa shape index (κ1) is 15.2. The molecule has 2 aliphatic heterocycles. The van der Waals surface area contributed by atoms with Crippen LogP contribution in [0.25, 0.3) is 0 Å². The molecule has 0 spiro atoms. The van der Waals surface area contributed by atoms with E-state index in [1.165, 1.54) is 16.7 Å². The number of rotatable bonds is 1. The summed E-state index contributed by atoms with van der Waals surface area (Å²) in [5.41, 5.74) is 8.11. The van der Waals surface area contributed by atoms with E-state index in [0.717, 1.165) is 35.7 Å². The minimum Gasteiger partial charge on any atom is -0.353 e. The van der Waals surface area contributed by atoms with Crippen molar-refractivity contribution in [1.82, 2.24) is 4.90 Å². The monoisotopic (exact) mass is 317 g/mol. The fourth-order valence-electron chi connectivity index (χ4n) is 3.41. The molecule has 0 aromatic heterocycles. The van der Waals surface area contributed by atoms with E-state index in [9.17, 15) is 0 Å². The quantitative estimate of drug-likeness (QED) is 0.816. The number of hydrogen-bond donors (Lipinski definition) is 1. The van der Waals surface area contributed by atoms with Crippen molar-refractivity contribution in [1.29, 1.82) is 0 Å². The Bertz CT molecular complexity index is 848. The van der Waals surface area contributed by atoms with Crippen LogP contribution in [0.15, 0.2) is 59.1 Å². The second-order valence-electron chi connectivity index (χ2n) is 6.81. The maximum Gasteiger partial charge on any atom is 0.0874 e. The number of hydrogen-bond acceptors (Lipinski definition) is 3. The van der Waals surface area contributed by atoms with Gasteiger partial charge in [0.25, 0.3) is 0 Å². The fourth-order valence-corrected chi connectivity index (χ4v) is 3.41. The second kappa shape index (κ2) is 5.91. The van der Waals surface area contributed by atoms with Crippen LogP contribution in [0.4, 0.5) is 17.1 Å². The zero-order chi connectivity index (χ0) is 16.7. The number of likely N-dealkylation sites (N-methyl/N-ethyl adjacent to an activating group) is 1. The van der Waals surface area contributed by atoms with Gasteiger partial charge >= 0.3 is 0 Å². The van der Waals surface area contributed by atoms with Gasteiger partial charge in [-0.15, -0.1) is 0 Å². The molecule has 1 N–H and O–H groups in total. The van der Waals surface area contributed by atoms with Crippen LogP contribution in [0.2, 0.25) is 0 Å². The van der Waals surface area contributed by atoms with Gasteiger partial charge in [0.1, 0.15) is 0 Å². The highest BCUT2D eigenvalue weighted by molar-refractivity contribution is 6.18. The summed E-state index contributed by atoms with van der Waals surface area (Å²) >= 11 is 0. The van der Waals surface area contributed by atoms with Gasteiger partial charge in [0.15, 0.2) is 0 Å². The first-order valence-corrected chi connectivity index (χ1v) is 8.59. The molecule has 0 fully saturated rings. The van der Waals surface area contributed by atoms with Gasteiger partial charge in [-0.3, -0.25) is 4.90 Å². The summed E-state index contributed by atoms with van der Waals surface area (Å²) in [6.45, 7) is 5.44. The largest absolute Gasteiger partial charge is 0.353 e. The predicted molar refractivity (Wildman–Crippen MR) is 102 cm³/mol. The minimum atomic E-state index is 0.441. The van der Waals surface area contributed by atoms with Crippen LogP contribution in [0.3, 0.4) is 0 Å². The van der Waals surface area contributed by atoms with Crippen molar-refractivity contribution >= 4 is 22.8 Å². The molecule has 3 nitrogen and oxygen atoms in total. The summed E-state index contributed by atoms with van der Waals surface area (Å²) in [6, 6.07) is 15.3. The minimum absolute atomic E-state index is 0.441. The van der Waals surface area contributed by atoms with E-state index in [1.807, 2.05) is 0 Å². The molecule has 0 radical (unpaired) electrons. The van der Waals surface area contributed by atoms with Crippen LogP contribution >= 0.6 is 0 Å². The summed E-state index contributed by atoms with van der Waals surface area (Å²) < 4.78 is 0. The molecule has 0 saturated heterocycles. The summed E-state index contributed by atoms with van der Waals surface area (Å²) in [4.78, 5) is 7.47. The third-order valence-electron chi connectivity index (χ3n) is 5.01. The van der Waals surface area contributed by atoms with E-state index < -0.39 is 0 Å². The first-order chi connectivity index (χ1) is 11.6. The van der Waals surface area contributed by atoms with Gasteiger partial charge in [-0.25, -0.2) is 4.99 Å². The van der Waals surface area contributed by atoms with Gasteiger partial charge < -0.3 is 5.32 Å². The van der Waals surface area contributed by atoms with Crippen LogP contribution in [0.1, 0.15) is 24.5 Å². The maximum absolute atomic E-state index is 5.09. The molecule has 0 unspecified atom stereocenters. The van der Waals surface area contributed by atoms with E-state index in [2.05, 4.69) is 79.7 Å². The molecule has 4 rings (SSSR count). The van der Waals surface area contributed by atoms with Crippen molar-refractivity contribution in [3.05, 3.63) is 65.2 Å². The summed E-state index contributed by atoms with van der Waals surface area (Å²) in [5, 5.41) is 3.57. The van der Waals surface area contributed by atoms with Crippen LogP contribution in [-0.4, -0.2) is 30.2 Å². The van der Waals surface area contributed by atoms with E-state index in [1.54, 1.807) is 0 Å². The van der Waals surface area contributed by atoms with Crippen molar-refractivity contribution < 1.29 is 0 Å². The molecule has 24 heavy (non-hydrogen) atoms. The van der Waals surface area contributed by atoms with Gasteiger partial charge in [0.2, 0.25) is 0 Å². The highest BCUT2D eigenvalue weighted by Gasteiger charge is 2.23. The number of nitrogens with one attached hydrogen (secondary N) is 1. The highest BCUT2D eigenvalue weighted by atomic mass is 15.1. The van der Waals surface area contributed by atoms with Crippen molar-refractivity contribution in [3.63, 3.8) is 0 Å². The van der Waals surface area contributed by atoms with Gasteiger partial charge in [0.05, 0.1) is 17.1 Å². The van der Waals surface area contributed by atoms with Crippen molar-refractivity contribution in [2.75, 3.05) is 18.9 Å². The average Bonchev–Trinajstić information content (AvgIpc) is 2.74. The number of aryl methyl sites for hydroxylation is 1. The average molecular weight is 317 g/mol. The molecule has 2 aromatic rings. The zero-order valence-corrected chi connectivity index (χ0v) is 14.5. The van der Waals surface area contributed by atoms with Crippen LogP contribution in [0.5, 0.6) is 0 Å². The van der Waals surface area contributed by atoms with Gasteiger partial charge in [-0.05, 0) is 56.7 Å². The summed E-state index contributed by atoms with van der Waals surface area (Å²) in [7, 11) is 2.18. The van der Waals surface area contributed by atoms with Crippen LogP contribution in [0, 0.1) is 6.92 Å². The fraction of sp³-hybridized carbons (Fsp3) is 0.286. The molecule has 2 aliphatic rings. The van der Waals surface area contributed by atoms with Crippen molar-refractivity contribution in [3.8, 4) is 0 Å². The maximum atomic E-state index is 5.09. The molecular weight excluding hydrogens is 294 g/mol. The van der Waals surface area contributed by atoms with Crippen molar-refractivity contribution in [2.45, 2.75) is 26.3 Å². The second-order valence-corrected chi connectivity index (χ2v) is 6.81. The lowest BCUT2D eigenvalue weighted by Gasteiger charge is -2.29. The van der Waals surface area contributed by atoms with Crippen LogP contribution in [-0.2, 0) is 0 Å². The topological polar surface area (TPSA) is 27.6 Å². The molecule has 2 heterocycles. The Labute approximate surface area is 143 Å². The van der Waals surface area contributed by atoms with Crippen LogP contribution < -0.4 is 5.32 Å². The Kier molecular flexibility index (Phi) is 3.73. The standard InChI is InChI=1S/C21H23N3/c1-14-8-9-19-20(12-14)23-21(16-10-11-24(3)15(2)13-16)17-6-4-5-7-18(17)22-19/h4-9,12-13,15,22H,10-11H2,1-3H3/t15-/m0/s1. The number of fused-ring (bicyclic) bond motifs is 2. The number of benzene rings is 2. The number of para-hydroxylation sites is 1. The first-order valence-electron chi connectivity index (χ1n) is 8.59. The smallest absolute Gasteiger partial charge is 0.0874 e. The zero-order valence-electron chi connectivity index (χ0n) is 14.5. The Morgan fingerprint density at radius 1 is 1.12 bits per heavy atom. The Hall–Kier alpha value is -2.39. The Morgan fingerprint density at radius 3 is 2.79 bits per heavy atom. The molecule has 3 heteroatoms. The molecule has 122 valence electrons. The lowest BCUT2D eigenvalue weighted by molar-refractivity contribution is 0.288. The normalized spacial score (nSPS) is 20.2. The molecule has 1 atom stereocenters. The van der Waals surface area contributed by atoms with E-state index in [4.69, 9.17) is 4.99 Å². The third-order valence-corrected chi connectivity index (χ3v) is 5.01. The lowest BCUT2D eigenvalue weighted by Crippen LogP contribution is -2.33. The van der Waals surface area contributed by atoms with E-state index in [0.29, 0.717) is 6.04 Å². The molecular formula is C21H23N3. The molecule has 0 saturated carbocycles. The highest BCUT2D eigenvalue weighted by Crippen LogP contribution is 2.37. The third kappa shape index (κ3) is 2.65. The van der Waals surface area contributed by atoms with Crippen molar-refractivity contribution in [2.24, 2.45) is 4.99 Å². The molecule has 2 aromatic carbocycles. The molecule has 0 amide bonds. The molecule has 0 aliphatic carbocycles. The van der Waals surface area contributed by atoms with E-state index >= 15 is 0 Å². The lowest BCUT2D eigenvalue weighted by atomic mass is 9.94. The van der Waals surface area contributed by atoms with Gasteiger partial charge in [-0.1, -0.05) is 30.3 Å². The Morgan fingerprint density at radius 2 is 1.96 bits per heavy atom. The molecule has 0 bridgehead atoms. The SMILES string of the molecule is Cc1ccc2c(c1)N=C(C1=C[C@H](C)N(C)CC1)c1ccccc1N2. The Balaban J connectivity index is 1.91. The summed E-state index contributed by atoms with van der Waals surface area (Å²) in [6.07, 6.45) is 3.40. The van der Waals surface area contributed by atoms with Gasteiger partial charge in [-0.2, -0.15) is 0 Å².